The summed E-state index contributed by atoms with van der Waals surface area (Å²) in [5.41, 5.74) is 3.64. The van der Waals surface area contributed by atoms with Crippen molar-refractivity contribution in [3.8, 4) is 5.69 Å². The number of halogens is 3. The quantitative estimate of drug-likeness (QED) is 0.450. The number of hydrogen-bond acceptors (Lipinski definition) is 6. The van der Waals surface area contributed by atoms with Crippen LogP contribution in [0.2, 0.25) is 10.0 Å². The maximum absolute atomic E-state index is 14.3. The molecule has 2 aromatic rings. The van der Waals surface area contributed by atoms with Crippen LogP contribution < -0.4 is 16.6 Å². The summed E-state index contributed by atoms with van der Waals surface area (Å²) >= 11 is 12.1. The monoisotopic (exact) mass is 413 g/mol. The summed E-state index contributed by atoms with van der Waals surface area (Å²) in [6.07, 6.45) is 0. The van der Waals surface area contributed by atoms with E-state index in [-0.39, 0.29) is 23.3 Å². The minimum absolute atomic E-state index is 0.00203. The number of esters is 1. The van der Waals surface area contributed by atoms with E-state index in [1.54, 1.807) is 0 Å². The topological polar surface area (TPSA) is 120 Å². The second-order valence-electron chi connectivity index (χ2n) is 5.38. The van der Waals surface area contributed by atoms with Gasteiger partial charge in [-0.3, -0.25) is 24.3 Å². The average Bonchev–Trinajstić information content (AvgIpc) is 2.88. The minimum Gasteiger partial charge on any atom is -0.462 e. The van der Waals surface area contributed by atoms with Gasteiger partial charge in [-0.15, -0.1) is 0 Å². The maximum atomic E-state index is 14.3. The van der Waals surface area contributed by atoms with Crippen LogP contribution in [-0.4, -0.2) is 29.0 Å². The van der Waals surface area contributed by atoms with Crippen LogP contribution in [0.15, 0.2) is 16.9 Å². The van der Waals surface area contributed by atoms with Crippen LogP contribution in [0.4, 0.5) is 10.2 Å². The Hall–Kier alpha value is -2.91. The number of anilines is 1. The van der Waals surface area contributed by atoms with Crippen molar-refractivity contribution in [3.05, 3.63) is 55.0 Å². The van der Waals surface area contributed by atoms with E-state index in [1.165, 1.54) is 6.92 Å². The molecule has 1 aromatic heterocycles. The molecule has 0 saturated carbocycles. The Kier molecular flexibility index (Phi) is 4.66. The summed E-state index contributed by atoms with van der Waals surface area (Å²) < 4.78 is 19.8. The molecule has 0 fully saturated rings. The highest BCUT2D eigenvalue weighted by Gasteiger charge is 2.33. The van der Waals surface area contributed by atoms with Crippen LogP contribution in [-0.2, 0) is 4.74 Å². The van der Waals surface area contributed by atoms with Crippen molar-refractivity contribution in [2.45, 2.75) is 6.92 Å². The average molecular weight is 414 g/mol. The largest absolute Gasteiger partial charge is 0.462 e. The highest BCUT2D eigenvalue weighted by Crippen LogP contribution is 2.36. The van der Waals surface area contributed by atoms with Crippen molar-refractivity contribution in [3.63, 3.8) is 0 Å². The fourth-order valence-corrected chi connectivity index (χ4v) is 3.25. The van der Waals surface area contributed by atoms with E-state index in [1.807, 2.05) is 5.32 Å². The van der Waals surface area contributed by atoms with Gasteiger partial charge in [0.1, 0.15) is 16.7 Å². The van der Waals surface area contributed by atoms with Gasteiger partial charge in [0.2, 0.25) is 0 Å². The highest BCUT2D eigenvalue weighted by molar-refractivity contribution is 6.40. The van der Waals surface area contributed by atoms with Crippen molar-refractivity contribution >= 4 is 46.8 Å². The van der Waals surface area contributed by atoms with Crippen LogP contribution in [0.5, 0.6) is 0 Å². The number of pyridine rings is 1. The Morgan fingerprint density at radius 1 is 1.22 bits per heavy atom. The van der Waals surface area contributed by atoms with Gasteiger partial charge in [-0.1, -0.05) is 23.2 Å². The van der Waals surface area contributed by atoms with Gasteiger partial charge in [0.25, 0.3) is 17.4 Å². The fraction of sp³-hybridized carbons (Fsp3) is 0.125. The molecule has 0 atom stereocenters. The Balaban J connectivity index is 2.38. The van der Waals surface area contributed by atoms with Gasteiger partial charge in [0.05, 0.1) is 34.0 Å². The third kappa shape index (κ3) is 2.84. The number of rotatable bonds is 3. The number of carbonyl (C=O) groups excluding carboxylic acids is 3. The zero-order valence-corrected chi connectivity index (χ0v) is 15.1. The van der Waals surface area contributed by atoms with Crippen molar-refractivity contribution < 1.29 is 23.5 Å². The first-order chi connectivity index (χ1) is 12.7. The van der Waals surface area contributed by atoms with E-state index in [4.69, 9.17) is 33.7 Å². The second kappa shape index (κ2) is 6.67. The number of hydrogen-bond donors (Lipinski definition) is 2. The Morgan fingerprint density at radius 3 is 2.52 bits per heavy atom. The predicted molar refractivity (Wildman–Crippen MR) is 94.2 cm³/mol. The minimum atomic E-state index is -1.06. The highest BCUT2D eigenvalue weighted by atomic mass is 35.5. The maximum Gasteiger partial charge on any atom is 0.339 e. The van der Waals surface area contributed by atoms with Crippen LogP contribution in [0.1, 0.15) is 38.0 Å². The zero-order chi connectivity index (χ0) is 20.0. The van der Waals surface area contributed by atoms with E-state index in [2.05, 4.69) is 0 Å². The molecule has 2 heterocycles. The molecule has 0 spiro atoms. The van der Waals surface area contributed by atoms with Crippen LogP contribution in [0.3, 0.4) is 0 Å². The molecule has 1 aromatic carbocycles. The summed E-state index contributed by atoms with van der Waals surface area (Å²) in [6, 6.07) is 1.60. The first kappa shape index (κ1) is 18.9. The number of nitrogens with two attached hydrogens (primary N) is 1. The fourth-order valence-electron chi connectivity index (χ4n) is 2.65. The van der Waals surface area contributed by atoms with Crippen molar-refractivity contribution in [1.82, 2.24) is 9.88 Å². The van der Waals surface area contributed by atoms with E-state index in [0.29, 0.717) is 4.57 Å². The molecule has 0 radical (unpaired) electrons. The summed E-state index contributed by atoms with van der Waals surface area (Å²) in [5.74, 6) is -4.12. The molecule has 2 amide bonds. The van der Waals surface area contributed by atoms with E-state index in [9.17, 15) is 23.6 Å². The number of nitrogen functional groups attached to an aromatic ring is 1. The summed E-state index contributed by atoms with van der Waals surface area (Å²) in [7, 11) is 0. The lowest BCUT2D eigenvalue weighted by atomic mass is 10.1. The van der Waals surface area contributed by atoms with E-state index in [0.717, 1.165) is 12.1 Å². The molecule has 0 unspecified atom stereocenters. The first-order valence-corrected chi connectivity index (χ1v) is 8.20. The molecule has 0 aliphatic carbocycles. The van der Waals surface area contributed by atoms with Gasteiger partial charge in [-0.25, -0.2) is 9.18 Å². The number of imide groups is 1. The lowest BCUT2D eigenvalue weighted by molar-refractivity contribution is 0.0525. The molecule has 3 rings (SSSR count). The SMILES string of the molecule is CCOC(=O)c1cc(F)c(Cl)c(-n2c(N)c3c(cc2=O)C(=O)NC3=O)c1Cl. The number of nitrogens with one attached hydrogen (secondary N) is 1. The van der Waals surface area contributed by atoms with Gasteiger partial charge in [0, 0.05) is 6.07 Å². The van der Waals surface area contributed by atoms with E-state index >= 15 is 0 Å². The number of amides is 2. The Labute approximate surface area is 160 Å². The van der Waals surface area contributed by atoms with Crippen LogP contribution in [0, 0.1) is 5.82 Å². The number of aromatic nitrogens is 1. The number of ether oxygens (including phenoxy) is 1. The Bertz CT molecular complexity index is 1100. The van der Waals surface area contributed by atoms with Gasteiger partial charge < -0.3 is 10.5 Å². The van der Waals surface area contributed by atoms with Gasteiger partial charge in [0.15, 0.2) is 0 Å². The zero-order valence-electron chi connectivity index (χ0n) is 13.6. The number of nitrogens with zero attached hydrogens (tertiary/aromatic N) is 1. The van der Waals surface area contributed by atoms with Gasteiger partial charge in [-0.2, -0.15) is 0 Å². The summed E-state index contributed by atoms with van der Waals surface area (Å²) in [5, 5.41) is 0.982. The number of carbonyl (C=O) groups is 3. The Morgan fingerprint density at radius 2 is 1.89 bits per heavy atom. The summed E-state index contributed by atoms with van der Waals surface area (Å²) in [4.78, 5) is 48.2. The molecule has 1 aliphatic heterocycles. The normalized spacial score (nSPS) is 12.7. The molecule has 3 N–H and O–H groups in total. The molecular weight excluding hydrogens is 404 g/mol. The smallest absolute Gasteiger partial charge is 0.339 e. The molecule has 8 nitrogen and oxygen atoms in total. The van der Waals surface area contributed by atoms with Crippen molar-refractivity contribution in [1.29, 1.82) is 0 Å². The molecule has 140 valence electrons. The third-order valence-corrected chi connectivity index (χ3v) is 4.55. The lowest BCUT2D eigenvalue weighted by Gasteiger charge is -2.17. The first-order valence-electron chi connectivity index (χ1n) is 7.45. The lowest BCUT2D eigenvalue weighted by Crippen LogP contribution is -2.25. The molecule has 0 bridgehead atoms. The standard InChI is InChI=1S/C16H10Cl2FN3O5/c1-2-27-16(26)6-3-7(19)11(18)12(10(6)17)22-8(23)4-5-9(13(22)20)15(25)21-14(5)24/h3-4H,2,20H2,1H3,(H,21,24,25). The summed E-state index contributed by atoms with van der Waals surface area (Å²) in [6.45, 7) is 1.54. The number of fused-ring (bicyclic) bond motifs is 1. The van der Waals surface area contributed by atoms with Gasteiger partial charge in [-0.05, 0) is 13.0 Å². The molecule has 0 saturated heterocycles. The van der Waals surface area contributed by atoms with E-state index < -0.39 is 50.7 Å². The predicted octanol–water partition coefficient (Wildman–Crippen LogP) is 1.93. The molecule has 1 aliphatic rings. The van der Waals surface area contributed by atoms with Crippen LogP contribution >= 0.6 is 23.2 Å². The van der Waals surface area contributed by atoms with Gasteiger partial charge >= 0.3 is 5.97 Å². The van der Waals surface area contributed by atoms with Crippen LogP contribution in [0.25, 0.3) is 5.69 Å². The molecule has 11 heteroatoms. The third-order valence-electron chi connectivity index (χ3n) is 3.81. The van der Waals surface area contributed by atoms with Crippen molar-refractivity contribution in [2.24, 2.45) is 0 Å². The molecule has 27 heavy (non-hydrogen) atoms. The second-order valence-corrected chi connectivity index (χ2v) is 6.13. The molecular formula is C16H10Cl2FN3O5. The number of benzene rings is 1. The van der Waals surface area contributed by atoms with Crippen molar-refractivity contribution in [2.75, 3.05) is 12.3 Å².